The summed E-state index contributed by atoms with van der Waals surface area (Å²) in [6.45, 7) is 4.44. The second-order valence-corrected chi connectivity index (χ2v) is 13.3. The zero-order valence-corrected chi connectivity index (χ0v) is 23.1. The van der Waals surface area contributed by atoms with Gasteiger partial charge in [0.25, 0.3) is 9.84 Å². The number of carbonyl (C=O) groups is 1. The van der Waals surface area contributed by atoms with Crippen molar-refractivity contribution in [1.29, 1.82) is 0 Å². The van der Waals surface area contributed by atoms with Crippen molar-refractivity contribution >= 4 is 37.2 Å². The Labute approximate surface area is 226 Å². The quantitative estimate of drug-likeness (QED) is 0.276. The van der Waals surface area contributed by atoms with Gasteiger partial charge in [-0.1, -0.05) is 0 Å². The number of ether oxygens (including phenoxy) is 1. The van der Waals surface area contributed by atoms with E-state index in [2.05, 4.69) is 9.97 Å². The molecule has 4 aromatic rings. The zero-order chi connectivity index (χ0) is 27.8. The van der Waals surface area contributed by atoms with Crippen molar-refractivity contribution < 1.29 is 30.8 Å². The number of fused-ring (bicyclic) bond motifs is 1. The molecule has 206 valence electrons. The summed E-state index contributed by atoms with van der Waals surface area (Å²) in [6, 6.07) is 9.49. The van der Waals surface area contributed by atoms with Crippen LogP contribution in [0.1, 0.15) is 38.2 Å². The number of carbonyl (C=O) groups excluding carboxylic acids is 1. The Kier molecular flexibility index (Phi) is 7.31. The van der Waals surface area contributed by atoms with E-state index in [0.29, 0.717) is 49.0 Å². The minimum Gasteiger partial charge on any atom is -0.491 e. The normalized spacial score (nSPS) is 15.7. The van der Waals surface area contributed by atoms with Crippen molar-refractivity contribution in [3.05, 3.63) is 60.6 Å². The molecule has 5 rings (SSSR count). The average molecular weight is 573 g/mol. The van der Waals surface area contributed by atoms with Crippen LogP contribution in [0.3, 0.4) is 0 Å². The maximum atomic E-state index is 13.3. The second-order valence-electron chi connectivity index (χ2n) is 9.54. The van der Waals surface area contributed by atoms with E-state index < -0.39 is 25.1 Å². The van der Waals surface area contributed by atoms with Crippen molar-refractivity contribution in [2.24, 2.45) is 0 Å². The van der Waals surface area contributed by atoms with Crippen molar-refractivity contribution in [2.75, 3.05) is 13.1 Å². The summed E-state index contributed by atoms with van der Waals surface area (Å²) >= 11 is 0. The molecule has 0 unspecified atom stereocenters. The molecule has 1 aliphatic rings. The van der Waals surface area contributed by atoms with Crippen molar-refractivity contribution in [1.82, 2.24) is 18.8 Å². The van der Waals surface area contributed by atoms with Crippen LogP contribution in [-0.4, -0.2) is 61.2 Å². The van der Waals surface area contributed by atoms with E-state index in [9.17, 15) is 21.6 Å². The highest BCUT2D eigenvalue weighted by Crippen LogP contribution is 2.36. The van der Waals surface area contributed by atoms with Gasteiger partial charge in [-0.25, -0.2) is 26.8 Å². The minimum absolute atomic E-state index is 0.00422. The molecule has 0 amide bonds. The van der Waals surface area contributed by atoms with Crippen LogP contribution in [0.25, 0.3) is 11.0 Å². The molecule has 1 saturated heterocycles. The summed E-state index contributed by atoms with van der Waals surface area (Å²) in [5.41, 5.74) is 1.25. The number of oxazole rings is 1. The molecular formula is C26H28N4O7S2. The highest BCUT2D eigenvalue weighted by atomic mass is 32.2. The standard InChI is InChI=1S/C26H28N4O7S2/c1-18(2)37-20-3-5-21(6-4-20)39(34,35)30-12-9-19(10-13-30)23-17-29(14-15-31)25-22(23)7-8-24(28-25)38(32,33)26-27-11-16-36-26/h3-8,11,15-19H,9-10,12-14H2,1-2H3. The van der Waals surface area contributed by atoms with E-state index in [1.54, 1.807) is 41.1 Å². The topological polar surface area (TPSA) is 142 Å². The predicted octanol–water partition coefficient (Wildman–Crippen LogP) is 3.41. The van der Waals surface area contributed by atoms with Gasteiger partial charge < -0.3 is 18.5 Å². The Bertz CT molecular complexity index is 1690. The van der Waals surface area contributed by atoms with E-state index in [1.807, 2.05) is 13.8 Å². The summed E-state index contributed by atoms with van der Waals surface area (Å²) in [7, 11) is -7.74. The molecule has 0 aliphatic carbocycles. The number of sulfone groups is 1. The van der Waals surface area contributed by atoms with Crippen molar-refractivity contribution in [3.63, 3.8) is 0 Å². The van der Waals surface area contributed by atoms with Gasteiger partial charge in [0.05, 0.1) is 23.7 Å². The van der Waals surface area contributed by atoms with E-state index in [-0.39, 0.29) is 28.5 Å². The van der Waals surface area contributed by atoms with E-state index in [0.717, 1.165) is 5.56 Å². The van der Waals surface area contributed by atoms with Gasteiger partial charge in [0, 0.05) is 24.7 Å². The molecule has 39 heavy (non-hydrogen) atoms. The fourth-order valence-electron chi connectivity index (χ4n) is 4.82. The third-order valence-corrected chi connectivity index (χ3v) is 9.99. The van der Waals surface area contributed by atoms with Crippen LogP contribution < -0.4 is 4.74 Å². The smallest absolute Gasteiger partial charge is 0.321 e. The molecule has 1 aromatic carbocycles. The third-order valence-electron chi connectivity index (χ3n) is 6.64. The summed E-state index contributed by atoms with van der Waals surface area (Å²) in [5.74, 6) is 0.615. The van der Waals surface area contributed by atoms with Gasteiger partial charge >= 0.3 is 5.22 Å². The minimum atomic E-state index is -4.07. The number of benzene rings is 1. The number of nitrogens with zero attached hydrogens (tertiary/aromatic N) is 4. The SMILES string of the molecule is CC(C)Oc1ccc(S(=O)(=O)N2CCC(c3cn(CC=O)c4nc(S(=O)(=O)c5ncco5)ccc34)CC2)cc1. The fourth-order valence-corrected chi connectivity index (χ4v) is 7.30. The van der Waals surface area contributed by atoms with Gasteiger partial charge in [-0.2, -0.15) is 4.31 Å². The van der Waals surface area contributed by atoms with Gasteiger partial charge in [-0.05, 0) is 74.6 Å². The number of hydrogen-bond acceptors (Lipinski definition) is 9. The second kappa shape index (κ2) is 10.5. The first kappa shape index (κ1) is 27.0. The van der Waals surface area contributed by atoms with Crippen LogP contribution in [0.15, 0.2) is 74.6 Å². The monoisotopic (exact) mass is 572 g/mol. The molecule has 0 bridgehead atoms. The van der Waals surface area contributed by atoms with Crippen molar-refractivity contribution in [3.8, 4) is 5.75 Å². The molecule has 0 atom stereocenters. The Balaban J connectivity index is 1.38. The number of piperidine rings is 1. The van der Waals surface area contributed by atoms with E-state index in [4.69, 9.17) is 9.15 Å². The Morgan fingerprint density at radius 2 is 1.79 bits per heavy atom. The van der Waals surface area contributed by atoms with Crippen LogP contribution in [0.5, 0.6) is 5.75 Å². The van der Waals surface area contributed by atoms with Gasteiger partial charge in [0.2, 0.25) is 10.0 Å². The molecule has 1 fully saturated rings. The highest BCUT2D eigenvalue weighted by Gasteiger charge is 2.32. The summed E-state index contributed by atoms with van der Waals surface area (Å²) < 4.78 is 65.9. The summed E-state index contributed by atoms with van der Waals surface area (Å²) in [6.07, 6.45) is 6.03. The first-order chi connectivity index (χ1) is 18.6. The largest absolute Gasteiger partial charge is 0.491 e. The van der Waals surface area contributed by atoms with Gasteiger partial charge in [0.1, 0.15) is 23.9 Å². The first-order valence-corrected chi connectivity index (χ1v) is 15.4. The van der Waals surface area contributed by atoms with Gasteiger partial charge in [-0.3, -0.25) is 0 Å². The molecule has 0 N–H and O–H groups in total. The number of pyridine rings is 1. The van der Waals surface area contributed by atoms with Crippen LogP contribution in [0.4, 0.5) is 0 Å². The Morgan fingerprint density at radius 3 is 2.41 bits per heavy atom. The lowest BCUT2D eigenvalue weighted by molar-refractivity contribution is -0.108. The Hall–Kier alpha value is -3.55. The molecule has 0 saturated carbocycles. The molecule has 0 spiro atoms. The zero-order valence-electron chi connectivity index (χ0n) is 21.4. The summed E-state index contributed by atoms with van der Waals surface area (Å²) in [4.78, 5) is 19.7. The maximum Gasteiger partial charge on any atom is 0.321 e. The molecule has 3 aromatic heterocycles. The third kappa shape index (κ3) is 5.21. The highest BCUT2D eigenvalue weighted by molar-refractivity contribution is 7.91. The summed E-state index contributed by atoms with van der Waals surface area (Å²) in [5, 5.41) is 0.0176. The van der Waals surface area contributed by atoms with E-state index >= 15 is 0 Å². The number of rotatable bonds is 9. The Morgan fingerprint density at radius 1 is 1.08 bits per heavy atom. The van der Waals surface area contributed by atoms with Crippen LogP contribution >= 0.6 is 0 Å². The molecular weight excluding hydrogens is 544 g/mol. The first-order valence-electron chi connectivity index (χ1n) is 12.5. The van der Waals surface area contributed by atoms with Crippen LogP contribution in [-0.2, 0) is 31.2 Å². The van der Waals surface area contributed by atoms with Crippen LogP contribution in [0, 0.1) is 0 Å². The van der Waals surface area contributed by atoms with E-state index in [1.165, 1.54) is 22.8 Å². The molecule has 4 heterocycles. The number of aldehydes is 1. The molecule has 13 heteroatoms. The number of sulfonamides is 1. The average Bonchev–Trinajstić information content (AvgIpc) is 3.58. The lowest BCUT2D eigenvalue weighted by Gasteiger charge is -2.31. The maximum absolute atomic E-state index is 13.3. The number of hydrogen-bond donors (Lipinski definition) is 0. The molecule has 1 aliphatic heterocycles. The number of aromatic nitrogens is 3. The fraction of sp³-hybridized carbons (Fsp3) is 0.346. The van der Waals surface area contributed by atoms with Crippen LogP contribution in [0.2, 0.25) is 0 Å². The van der Waals surface area contributed by atoms with Gasteiger partial charge in [-0.15, -0.1) is 0 Å². The lowest BCUT2D eigenvalue weighted by atomic mass is 9.90. The molecule has 11 nitrogen and oxygen atoms in total. The molecule has 0 radical (unpaired) electrons. The van der Waals surface area contributed by atoms with Gasteiger partial charge in [0.15, 0.2) is 5.03 Å². The predicted molar refractivity (Wildman–Crippen MR) is 141 cm³/mol. The lowest BCUT2D eigenvalue weighted by Crippen LogP contribution is -2.37. The van der Waals surface area contributed by atoms with Crippen molar-refractivity contribution in [2.45, 2.75) is 60.4 Å².